The first-order valence-corrected chi connectivity index (χ1v) is 9.20. The zero-order valence-electron chi connectivity index (χ0n) is 15.0. The minimum atomic E-state index is -0.458. The van der Waals surface area contributed by atoms with E-state index in [-0.39, 0.29) is 5.57 Å². The molecule has 0 spiro atoms. The molecule has 2 aromatic carbocycles. The molecule has 0 saturated heterocycles. The molecule has 3 aromatic rings. The van der Waals surface area contributed by atoms with E-state index in [2.05, 4.69) is 5.32 Å². The van der Waals surface area contributed by atoms with Gasteiger partial charge in [0.25, 0.3) is 5.91 Å². The normalized spacial score (nSPS) is 11.1. The summed E-state index contributed by atoms with van der Waals surface area (Å²) in [5.41, 5.74) is 2.73. The van der Waals surface area contributed by atoms with Crippen LogP contribution in [0.15, 0.2) is 80.6 Å². The lowest BCUT2D eigenvalue weighted by molar-refractivity contribution is -0.112. The van der Waals surface area contributed by atoms with E-state index in [1.807, 2.05) is 74.5 Å². The summed E-state index contributed by atoms with van der Waals surface area (Å²) in [5.74, 6) is 0.000887. The van der Waals surface area contributed by atoms with Crippen LogP contribution in [0.4, 0.5) is 5.69 Å². The van der Waals surface area contributed by atoms with Crippen molar-refractivity contribution >= 4 is 29.4 Å². The van der Waals surface area contributed by atoms with Crippen LogP contribution in [0.3, 0.4) is 0 Å². The largest absolute Gasteiger partial charge is 0.450 e. The topological polar surface area (TPSA) is 66.0 Å². The van der Waals surface area contributed by atoms with Gasteiger partial charge in [0.15, 0.2) is 5.09 Å². The SMILES string of the molecule is Cc1cccc(NC(=O)/C(C#N)=C/c2ccc(Sc3ccccc3)o2)c1C. The van der Waals surface area contributed by atoms with Crippen LogP contribution in [0, 0.1) is 25.2 Å². The molecule has 0 saturated carbocycles. The lowest BCUT2D eigenvalue weighted by Gasteiger charge is -2.09. The first kappa shape index (κ1) is 18.6. The maximum Gasteiger partial charge on any atom is 0.266 e. The Morgan fingerprint density at radius 1 is 1.07 bits per heavy atom. The Bertz CT molecular complexity index is 1030. The molecule has 0 fully saturated rings. The van der Waals surface area contributed by atoms with E-state index in [0.29, 0.717) is 16.5 Å². The number of rotatable bonds is 5. The minimum Gasteiger partial charge on any atom is -0.450 e. The maximum absolute atomic E-state index is 12.5. The van der Waals surface area contributed by atoms with Crippen LogP contribution in [-0.4, -0.2) is 5.91 Å². The fourth-order valence-corrected chi connectivity index (χ4v) is 3.24. The monoisotopic (exact) mass is 374 g/mol. The van der Waals surface area contributed by atoms with Gasteiger partial charge >= 0.3 is 0 Å². The number of amides is 1. The van der Waals surface area contributed by atoms with Crippen LogP contribution in [0.2, 0.25) is 0 Å². The highest BCUT2D eigenvalue weighted by molar-refractivity contribution is 7.99. The zero-order valence-corrected chi connectivity index (χ0v) is 15.8. The smallest absolute Gasteiger partial charge is 0.266 e. The minimum absolute atomic E-state index is 0.0125. The van der Waals surface area contributed by atoms with E-state index < -0.39 is 5.91 Å². The number of hydrogen-bond donors (Lipinski definition) is 1. The summed E-state index contributed by atoms with van der Waals surface area (Å²) in [6.07, 6.45) is 1.45. The van der Waals surface area contributed by atoms with Crippen molar-refractivity contribution in [3.8, 4) is 6.07 Å². The van der Waals surface area contributed by atoms with E-state index >= 15 is 0 Å². The first-order chi connectivity index (χ1) is 13.1. The van der Waals surface area contributed by atoms with Crippen LogP contribution in [0.5, 0.6) is 0 Å². The molecule has 1 heterocycles. The van der Waals surface area contributed by atoms with E-state index in [0.717, 1.165) is 16.0 Å². The van der Waals surface area contributed by atoms with Crippen molar-refractivity contribution in [3.63, 3.8) is 0 Å². The van der Waals surface area contributed by atoms with Crippen molar-refractivity contribution in [2.75, 3.05) is 5.32 Å². The van der Waals surface area contributed by atoms with Crippen LogP contribution in [-0.2, 0) is 4.79 Å². The average molecular weight is 374 g/mol. The number of furan rings is 1. The molecule has 1 aromatic heterocycles. The number of benzene rings is 2. The quantitative estimate of drug-likeness (QED) is 0.467. The second-order valence-electron chi connectivity index (χ2n) is 5.94. The highest BCUT2D eigenvalue weighted by Crippen LogP contribution is 2.29. The molecule has 0 aliphatic rings. The van der Waals surface area contributed by atoms with Crippen molar-refractivity contribution in [3.05, 3.63) is 83.1 Å². The van der Waals surface area contributed by atoms with Crippen molar-refractivity contribution < 1.29 is 9.21 Å². The second kappa shape index (κ2) is 8.43. The number of carbonyl (C=O) groups is 1. The molecule has 134 valence electrons. The van der Waals surface area contributed by atoms with Gasteiger partial charge in [-0.2, -0.15) is 5.26 Å². The van der Waals surface area contributed by atoms with Gasteiger partial charge in [-0.25, -0.2) is 0 Å². The standard InChI is InChI=1S/C22H18N2O2S/c1-15-7-6-10-20(16(15)2)24-22(25)17(14-23)13-18-11-12-21(26-18)27-19-8-4-3-5-9-19/h3-13H,1-2H3,(H,24,25)/b17-13+. The predicted molar refractivity (Wildman–Crippen MR) is 107 cm³/mol. The Morgan fingerprint density at radius 2 is 1.85 bits per heavy atom. The van der Waals surface area contributed by atoms with E-state index in [1.165, 1.54) is 17.8 Å². The summed E-state index contributed by atoms with van der Waals surface area (Å²) >= 11 is 1.48. The number of carbonyl (C=O) groups excluding carboxylic acids is 1. The van der Waals surface area contributed by atoms with Gasteiger partial charge in [0.05, 0.1) is 0 Å². The van der Waals surface area contributed by atoms with Crippen molar-refractivity contribution in [2.45, 2.75) is 23.8 Å². The van der Waals surface area contributed by atoms with Crippen LogP contribution >= 0.6 is 11.8 Å². The van der Waals surface area contributed by atoms with Crippen LogP contribution < -0.4 is 5.32 Å². The summed E-state index contributed by atoms with van der Waals surface area (Å²) < 4.78 is 5.72. The average Bonchev–Trinajstić information content (AvgIpc) is 3.11. The fraction of sp³-hybridized carbons (Fsp3) is 0.0909. The van der Waals surface area contributed by atoms with Gasteiger partial charge in [-0.3, -0.25) is 4.79 Å². The van der Waals surface area contributed by atoms with E-state index in [9.17, 15) is 10.1 Å². The number of nitrogens with zero attached hydrogens (tertiary/aromatic N) is 1. The number of nitriles is 1. The van der Waals surface area contributed by atoms with Crippen molar-refractivity contribution in [2.24, 2.45) is 0 Å². The first-order valence-electron chi connectivity index (χ1n) is 8.39. The summed E-state index contributed by atoms with van der Waals surface area (Å²) in [6.45, 7) is 3.90. The molecule has 27 heavy (non-hydrogen) atoms. The Morgan fingerprint density at radius 3 is 2.59 bits per heavy atom. The molecule has 0 unspecified atom stereocenters. The number of aryl methyl sites for hydroxylation is 1. The van der Waals surface area contributed by atoms with Gasteiger partial charge in [0, 0.05) is 16.7 Å². The molecule has 5 heteroatoms. The molecule has 3 rings (SSSR count). The number of hydrogen-bond acceptors (Lipinski definition) is 4. The molecule has 0 bridgehead atoms. The van der Waals surface area contributed by atoms with Gasteiger partial charge < -0.3 is 9.73 Å². The molecular formula is C22H18N2O2S. The molecular weight excluding hydrogens is 356 g/mol. The molecule has 1 amide bonds. The Hall–Kier alpha value is -3.23. The Labute approximate surface area is 162 Å². The third-order valence-electron chi connectivity index (χ3n) is 4.07. The van der Waals surface area contributed by atoms with Crippen LogP contribution in [0.1, 0.15) is 16.9 Å². The van der Waals surface area contributed by atoms with E-state index in [1.54, 1.807) is 6.07 Å². The summed E-state index contributed by atoms with van der Waals surface area (Å²) in [7, 11) is 0. The molecule has 1 N–H and O–H groups in total. The zero-order chi connectivity index (χ0) is 19.2. The van der Waals surface area contributed by atoms with Crippen LogP contribution in [0.25, 0.3) is 6.08 Å². The molecule has 0 atom stereocenters. The highest BCUT2D eigenvalue weighted by atomic mass is 32.2. The highest BCUT2D eigenvalue weighted by Gasteiger charge is 2.13. The fourth-order valence-electron chi connectivity index (χ4n) is 2.44. The second-order valence-corrected chi connectivity index (χ2v) is 7.02. The lowest BCUT2D eigenvalue weighted by Crippen LogP contribution is -2.14. The number of anilines is 1. The third-order valence-corrected chi connectivity index (χ3v) is 5.00. The molecule has 0 aliphatic carbocycles. The molecule has 0 radical (unpaired) electrons. The number of nitrogens with one attached hydrogen (secondary N) is 1. The van der Waals surface area contributed by atoms with Gasteiger partial charge in [-0.05, 0) is 55.3 Å². The predicted octanol–water partition coefficient (Wildman–Crippen LogP) is 5.59. The van der Waals surface area contributed by atoms with E-state index in [4.69, 9.17) is 4.42 Å². The van der Waals surface area contributed by atoms with Crippen molar-refractivity contribution in [1.29, 1.82) is 5.26 Å². The molecule has 0 aliphatic heterocycles. The third kappa shape index (κ3) is 4.69. The summed E-state index contributed by atoms with van der Waals surface area (Å²) in [4.78, 5) is 13.5. The van der Waals surface area contributed by atoms with Gasteiger partial charge in [-0.15, -0.1) is 0 Å². The van der Waals surface area contributed by atoms with Crippen molar-refractivity contribution in [1.82, 2.24) is 0 Å². The maximum atomic E-state index is 12.5. The summed E-state index contributed by atoms with van der Waals surface area (Å²) in [6, 6.07) is 21.0. The van der Waals surface area contributed by atoms with Gasteiger partial charge in [-0.1, -0.05) is 42.1 Å². The molecule has 4 nitrogen and oxygen atoms in total. The Kier molecular flexibility index (Phi) is 5.80. The lowest BCUT2D eigenvalue weighted by atomic mass is 10.1. The Balaban J connectivity index is 1.75. The van der Waals surface area contributed by atoms with Gasteiger partial charge in [0.2, 0.25) is 0 Å². The summed E-state index contributed by atoms with van der Waals surface area (Å²) in [5, 5.41) is 12.9. The van der Waals surface area contributed by atoms with Gasteiger partial charge in [0.1, 0.15) is 17.4 Å².